The van der Waals surface area contributed by atoms with Gasteiger partial charge in [0.2, 0.25) is 11.8 Å². The lowest BCUT2D eigenvalue weighted by molar-refractivity contribution is 0.341. The Hall–Kier alpha value is -2.42. The van der Waals surface area contributed by atoms with Crippen molar-refractivity contribution in [3.63, 3.8) is 0 Å². The van der Waals surface area contributed by atoms with E-state index in [-0.39, 0.29) is 0 Å². The van der Waals surface area contributed by atoms with Gasteiger partial charge in [-0.05, 0) is 55.7 Å². The molecule has 1 fully saturated rings. The molecule has 1 saturated carbocycles. The van der Waals surface area contributed by atoms with Crippen molar-refractivity contribution >= 4 is 0 Å². The van der Waals surface area contributed by atoms with Gasteiger partial charge in [-0.25, -0.2) is 0 Å². The highest BCUT2D eigenvalue weighted by molar-refractivity contribution is 5.57. The summed E-state index contributed by atoms with van der Waals surface area (Å²) in [6.45, 7) is 2.07. The van der Waals surface area contributed by atoms with Crippen molar-refractivity contribution in [3.05, 3.63) is 71.6 Å². The number of aromatic nitrogens is 2. The average Bonchev–Trinajstić information content (AvgIpc) is 3.13. The standard InChI is InChI=1S/C21H22N2O/c1-15-7-5-6-10-19(15)21-23-22-20(24-21)18-13-11-17(12-14-18)16-8-3-2-4-9-16/h2-10,17-18H,11-14H2,1H3. The van der Waals surface area contributed by atoms with Crippen LogP contribution in [0.25, 0.3) is 11.5 Å². The van der Waals surface area contributed by atoms with E-state index in [0.29, 0.717) is 17.7 Å². The van der Waals surface area contributed by atoms with Gasteiger partial charge in [0.05, 0.1) is 0 Å². The summed E-state index contributed by atoms with van der Waals surface area (Å²) in [7, 11) is 0. The molecule has 0 spiro atoms. The van der Waals surface area contributed by atoms with Crippen LogP contribution in [0.5, 0.6) is 0 Å². The van der Waals surface area contributed by atoms with Gasteiger partial charge in [-0.2, -0.15) is 0 Å². The van der Waals surface area contributed by atoms with E-state index in [2.05, 4.69) is 53.5 Å². The molecule has 0 bridgehead atoms. The first-order valence-electron chi connectivity index (χ1n) is 8.75. The zero-order valence-electron chi connectivity index (χ0n) is 14.0. The summed E-state index contributed by atoms with van der Waals surface area (Å²) in [5.41, 5.74) is 3.66. The molecule has 0 amide bonds. The molecule has 0 N–H and O–H groups in total. The van der Waals surface area contributed by atoms with E-state index in [0.717, 1.165) is 24.3 Å². The van der Waals surface area contributed by atoms with Crippen LogP contribution in [-0.2, 0) is 0 Å². The summed E-state index contributed by atoms with van der Waals surface area (Å²) in [4.78, 5) is 0. The fourth-order valence-corrected chi connectivity index (χ4v) is 3.72. The molecule has 0 atom stereocenters. The van der Waals surface area contributed by atoms with Crippen molar-refractivity contribution < 1.29 is 4.42 Å². The lowest BCUT2D eigenvalue weighted by Gasteiger charge is -2.26. The molecular weight excluding hydrogens is 296 g/mol. The molecule has 3 aromatic rings. The lowest BCUT2D eigenvalue weighted by Crippen LogP contribution is -2.12. The van der Waals surface area contributed by atoms with Gasteiger partial charge in [0, 0.05) is 11.5 Å². The summed E-state index contributed by atoms with van der Waals surface area (Å²) in [5, 5.41) is 8.62. The van der Waals surface area contributed by atoms with Crippen LogP contribution in [-0.4, -0.2) is 10.2 Å². The number of hydrogen-bond donors (Lipinski definition) is 0. The molecule has 4 rings (SSSR count). The van der Waals surface area contributed by atoms with E-state index < -0.39 is 0 Å². The third kappa shape index (κ3) is 2.99. The summed E-state index contributed by atoms with van der Waals surface area (Å²) >= 11 is 0. The first kappa shape index (κ1) is 15.1. The number of benzene rings is 2. The van der Waals surface area contributed by atoms with E-state index in [4.69, 9.17) is 4.42 Å². The molecule has 1 aliphatic rings. The predicted molar refractivity (Wildman–Crippen MR) is 94.9 cm³/mol. The van der Waals surface area contributed by atoms with Crippen molar-refractivity contribution in [1.82, 2.24) is 10.2 Å². The van der Waals surface area contributed by atoms with Crippen LogP contribution in [0.15, 0.2) is 59.0 Å². The Balaban J connectivity index is 1.46. The maximum atomic E-state index is 6.01. The Bertz CT molecular complexity index is 801. The van der Waals surface area contributed by atoms with Crippen LogP contribution in [0.1, 0.15) is 54.5 Å². The normalized spacial score (nSPS) is 20.9. The minimum absolute atomic E-state index is 0.398. The van der Waals surface area contributed by atoms with E-state index in [1.165, 1.54) is 24.0 Å². The van der Waals surface area contributed by atoms with E-state index >= 15 is 0 Å². The fraction of sp³-hybridized carbons (Fsp3) is 0.333. The molecule has 0 radical (unpaired) electrons. The Morgan fingerprint density at radius 2 is 1.46 bits per heavy atom. The summed E-state index contributed by atoms with van der Waals surface area (Å²) < 4.78 is 6.01. The minimum Gasteiger partial charge on any atom is -0.420 e. The third-order valence-electron chi connectivity index (χ3n) is 5.16. The molecule has 24 heavy (non-hydrogen) atoms. The number of nitrogens with zero attached hydrogens (tertiary/aromatic N) is 2. The van der Waals surface area contributed by atoms with E-state index in [1.54, 1.807) is 0 Å². The highest BCUT2D eigenvalue weighted by atomic mass is 16.4. The van der Waals surface area contributed by atoms with Crippen molar-refractivity contribution in [2.24, 2.45) is 0 Å². The Morgan fingerprint density at radius 3 is 2.21 bits per heavy atom. The largest absolute Gasteiger partial charge is 0.420 e. The van der Waals surface area contributed by atoms with Crippen LogP contribution in [0.2, 0.25) is 0 Å². The van der Waals surface area contributed by atoms with Crippen LogP contribution in [0.3, 0.4) is 0 Å². The van der Waals surface area contributed by atoms with Gasteiger partial charge in [0.25, 0.3) is 0 Å². The maximum Gasteiger partial charge on any atom is 0.248 e. The van der Waals surface area contributed by atoms with Crippen molar-refractivity contribution in [1.29, 1.82) is 0 Å². The van der Waals surface area contributed by atoms with Crippen molar-refractivity contribution in [2.75, 3.05) is 0 Å². The molecule has 2 aromatic carbocycles. The second-order valence-electron chi connectivity index (χ2n) is 6.72. The number of rotatable bonds is 3. The van der Waals surface area contributed by atoms with Gasteiger partial charge >= 0.3 is 0 Å². The molecule has 0 aliphatic heterocycles. The minimum atomic E-state index is 0.398. The molecule has 1 aliphatic carbocycles. The fourth-order valence-electron chi connectivity index (χ4n) is 3.72. The van der Waals surface area contributed by atoms with E-state index in [1.807, 2.05) is 18.2 Å². The van der Waals surface area contributed by atoms with Gasteiger partial charge in [-0.15, -0.1) is 10.2 Å². The van der Waals surface area contributed by atoms with Gasteiger partial charge in [-0.1, -0.05) is 48.5 Å². The average molecular weight is 318 g/mol. The number of hydrogen-bond acceptors (Lipinski definition) is 3. The highest BCUT2D eigenvalue weighted by Gasteiger charge is 2.27. The van der Waals surface area contributed by atoms with Gasteiger partial charge in [-0.3, -0.25) is 0 Å². The molecule has 0 unspecified atom stereocenters. The molecule has 1 heterocycles. The molecule has 122 valence electrons. The molecular formula is C21H22N2O. The first-order chi connectivity index (χ1) is 11.8. The Kier molecular flexibility index (Phi) is 4.16. The second kappa shape index (κ2) is 6.60. The molecule has 3 heteroatoms. The quantitative estimate of drug-likeness (QED) is 0.641. The summed E-state index contributed by atoms with van der Waals surface area (Å²) in [6, 6.07) is 19.0. The smallest absolute Gasteiger partial charge is 0.248 e. The zero-order valence-corrected chi connectivity index (χ0v) is 14.0. The Labute approximate surface area is 142 Å². The first-order valence-corrected chi connectivity index (χ1v) is 8.75. The van der Waals surface area contributed by atoms with Gasteiger partial charge in [0.15, 0.2) is 0 Å². The van der Waals surface area contributed by atoms with Gasteiger partial charge < -0.3 is 4.42 Å². The molecule has 3 nitrogen and oxygen atoms in total. The van der Waals surface area contributed by atoms with Crippen LogP contribution in [0.4, 0.5) is 0 Å². The van der Waals surface area contributed by atoms with Gasteiger partial charge in [0.1, 0.15) is 0 Å². The van der Waals surface area contributed by atoms with Crippen molar-refractivity contribution in [2.45, 2.75) is 44.4 Å². The van der Waals surface area contributed by atoms with Crippen LogP contribution < -0.4 is 0 Å². The van der Waals surface area contributed by atoms with Crippen LogP contribution in [0, 0.1) is 6.92 Å². The molecule has 0 saturated heterocycles. The van der Waals surface area contributed by atoms with Crippen molar-refractivity contribution in [3.8, 4) is 11.5 Å². The summed E-state index contributed by atoms with van der Waals surface area (Å²) in [6.07, 6.45) is 4.62. The third-order valence-corrected chi connectivity index (χ3v) is 5.16. The van der Waals surface area contributed by atoms with Crippen LogP contribution >= 0.6 is 0 Å². The lowest BCUT2D eigenvalue weighted by atomic mass is 9.79. The monoisotopic (exact) mass is 318 g/mol. The predicted octanol–water partition coefficient (Wildman–Crippen LogP) is 5.49. The molecule has 1 aromatic heterocycles. The maximum absolute atomic E-state index is 6.01. The number of aryl methyl sites for hydroxylation is 1. The zero-order chi connectivity index (χ0) is 16.4. The topological polar surface area (TPSA) is 38.9 Å². The second-order valence-corrected chi connectivity index (χ2v) is 6.72. The Morgan fingerprint density at radius 1 is 0.792 bits per heavy atom. The SMILES string of the molecule is Cc1ccccc1-c1nnc(C2CCC(c3ccccc3)CC2)o1. The van der Waals surface area contributed by atoms with E-state index in [9.17, 15) is 0 Å². The summed E-state index contributed by atoms with van der Waals surface area (Å²) in [5.74, 6) is 2.52. The highest BCUT2D eigenvalue weighted by Crippen LogP contribution is 2.40.